The first-order valence-corrected chi connectivity index (χ1v) is 8.46. The van der Waals surface area contributed by atoms with Gasteiger partial charge in [-0.1, -0.05) is 44.2 Å². The lowest BCUT2D eigenvalue weighted by Gasteiger charge is -2.36. The zero-order valence-corrected chi connectivity index (χ0v) is 14.3. The number of hydrogen-bond acceptors (Lipinski definition) is 4. The molecule has 1 N–H and O–H groups in total. The van der Waals surface area contributed by atoms with Crippen LogP contribution in [0.5, 0.6) is 0 Å². The van der Waals surface area contributed by atoms with Crippen molar-refractivity contribution in [3.63, 3.8) is 0 Å². The lowest BCUT2D eigenvalue weighted by Crippen LogP contribution is -2.38. The van der Waals surface area contributed by atoms with Gasteiger partial charge in [0.1, 0.15) is 6.10 Å². The molecule has 0 bridgehead atoms. The van der Waals surface area contributed by atoms with Gasteiger partial charge >= 0.3 is 5.97 Å². The van der Waals surface area contributed by atoms with E-state index < -0.39 is 0 Å². The van der Waals surface area contributed by atoms with Crippen molar-refractivity contribution in [1.82, 2.24) is 0 Å². The van der Waals surface area contributed by atoms with Crippen LogP contribution in [-0.2, 0) is 14.3 Å². The number of benzene rings is 1. The predicted molar refractivity (Wildman–Crippen MR) is 88.9 cm³/mol. The Morgan fingerprint density at radius 1 is 1.26 bits per heavy atom. The number of aliphatic hydroxyl groups is 1. The molecule has 1 aliphatic carbocycles. The van der Waals surface area contributed by atoms with Crippen molar-refractivity contribution in [2.45, 2.75) is 57.8 Å². The second-order valence-electron chi connectivity index (χ2n) is 6.74. The van der Waals surface area contributed by atoms with Crippen LogP contribution in [0.4, 0.5) is 0 Å². The van der Waals surface area contributed by atoms with Crippen LogP contribution in [0.1, 0.15) is 51.2 Å². The Balaban J connectivity index is 1.96. The quantitative estimate of drug-likeness (QED) is 0.815. The summed E-state index contributed by atoms with van der Waals surface area (Å²) in [4.78, 5) is 12.3. The van der Waals surface area contributed by atoms with Crippen LogP contribution < -0.4 is 0 Å². The van der Waals surface area contributed by atoms with E-state index >= 15 is 0 Å². The Morgan fingerprint density at radius 2 is 1.96 bits per heavy atom. The summed E-state index contributed by atoms with van der Waals surface area (Å²) in [7, 11) is 1.60. The molecule has 0 aliphatic heterocycles. The minimum Gasteiger partial charge on any atom is -0.462 e. The molecule has 4 heteroatoms. The van der Waals surface area contributed by atoms with Gasteiger partial charge in [0.2, 0.25) is 0 Å². The molecule has 128 valence electrons. The van der Waals surface area contributed by atoms with Gasteiger partial charge in [-0.15, -0.1) is 0 Å². The molecule has 1 aromatic carbocycles. The van der Waals surface area contributed by atoms with Crippen molar-refractivity contribution >= 4 is 5.97 Å². The van der Waals surface area contributed by atoms with Gasteiger partial charge < -0.3 is 14.6 Å². The van der Waals surface area contributed by atoms with E-state index in [1.54, 1.807) is 7.11 Å². The first-order chi connectivity index (χ1) is 11.0. The molecule has 1 aromatic rings. The molecule has 0 aromatic heterocycles. The second-order valence-corrected chi connectivity index (χ2v) is 6.74. The molecular weight excluding hydrogens is 292 g/mol. The third kappa shape index (κ3) is 5.05. The summed E-state index contributed by atoms with van der Waals surface area (Å²) in [5.41, 5.74) is 0.969. The van der Waals surface area contributed by atoms with Gasteiger partial charge in [0.15, 0.2) is 0 Å². The molecular formula is C19H28O4. The van der Waals surface area contributed by atoms with E-state index in [-0.39, 0.29) is 30.7 Å². The summed E-state index contributed by atoms with van der Waals surface area (Å²) < 4.78 is 11.2. The summed E-state index contributed by atoms with van der Waals surface area (Å²) in [5, 5.41) is 9.88. The summed E-state index contributed by atoms with van der Waals surface area (Å²) >= 11 is 0. The van der Waals surface area contributed by atoms with Gasteiger partial charge in [0.05, 0.1) is 18.6 Å². The average molecular weight is 320 g/mol. The van der Waals surface area contributed by atoms with Crippen LogP contribution in [-0.4, -0.2) is 30.4 Å². The third-order valence-corrected chi connectivity index (χ3v) is 4.76. The van der Waals surface area contributed by atoms with Crippen molar-refractivity contribution in [1.29, 1.82) is 0 Å². The average Bonchev–Trinajstić information content (AvgIpc) is 2.53. The minimum absolute atomic E-state index is 0.192. The molecule has 1 saturated carbocycles. The van der Waals surface area contributed by atoms with Crippen molar-refractivity contribution in [3.05, 3.63) is 35.9 Å². The van der Waals surface area contributed by atoms with Crippen LogP contribution in [0.15, 0.2) is 30.3 Å². The maximum atomic E-state index is 12.3. The molecule has 0 radical (unpaired) electrons. The van der Waals surface area contributed by atoms with E-state index in [9.17, 15) is 9.90 Å². The Bertz CT molecular complexity index is 485. The number of ether oxygens (including phenoxy) is 2. The van der Waals surface area contributed by atoms with E-state index in [4.69, 9.17) is 9.47 Å². The van der Waals surface area contributed by atoms with Crippen LogP contribution in [0.2, 0.25) is 0 Å². The molecule has 4 nitrogen and oxygen atoms in total. The maximum Gasteiger partial charge on any atom is 0.309 e. The van der Waals surface area contributed by atoms with E-state index in [0.717, 1.165) is 18.4 Å². The summed E-state index contributed by atoms with van der Waals surface area (Å²) in [6, 6.07) is 9.69. The lowest BCUT2D eigenvalue weighted by molar-refractivity contribution is -0.160. The Labute approximate surface area is 138 Å². The highest BCUT2D eigenvalue weighted by Crippen LogP contribution is 2.33. The normalized spacial score (nSPS) is 26.0. The third-order valence-electron chi connectivity index (χ3n) is 4.76. The van der Waals surface area contributed by atoms with Gasteiger partial charge in [0, 0.05) is 13.5 Å². The Morgan fingerprint density at radius 3 is 2.57 bits per heavy atom. The summed E-state index contributed by atoms with van der Waals surface area (Å²) in [6.45, 7) is 4.29. The number of carbonyl (C=O) groups is 1. The number of methoxy groups -OCH3 is 1. The fraction of sp³-hybridized carbons (Fsp3) is 0.632. The number of aliphatic hydroxyl groups excluding tert-OH is 1. The molecule has 0 heterocycles. The molecule has 23 heavy (non-hydrogen) atoms. The Hall–Kier alpha value is -1.39. The maximum absolute atomic E-state index is 12.3. The van der Waals surface area contributed by atoms with E-state index in [1.807, 2.05) is 30.3 Å². The fourth-order valence-electron chi connectivity index (χ4n) is 3.40. The molecule has 0 unspecified atom stereocenters. The smallest absolute Gasteiger partial charge is 0.309 e. The number of hydrogen-bond donors (Lipinski definition) is 1. The van der Waals surface area contributed by atoms with Gasteiger partial charge in [-0.05, 0) is 30.2 Å². The van der Waals surface area contributed by atoms with Gasteiger partial charge in [-0.2, -0.15) is 0 Å². The highest BCUT2D eigenvalue weighted by molar-refractivity contribution is 5.70. The zero-order valence-electron chi connectivity index (χ0n) is 14.3. The molecule has 2 rings (SSSR count). The number of carbonyl (C=O) groups excluding carboxylic acids is 1. The molecule has 0 amide bonds. The van der Waals surface area contributed by atoms with Gasteiger partial charge in [-0.25, -0.2) is 0 Å². The first-order valence-electron chi connectivity index (χ1n) is 8.46. The van der Waals surface area contributed by atoms with E-state index in [0.29, 0.717) is 18.3 Å². The zero-order chi connectivity index (χ0) is 16.8. The van der Waals surface area contributed by atoms with Crippen LogP contribution in [0.3, 0.4) is 0 Å². The van der Waals surface area contributed by atoms with Crippen molar-refractivity contribution in [2.75, 3.05) is 7.11 Å². The highest BCUT2D eigenvalue weighted by Gasteiger charge is 2.34. The minimum atomic E-state index is -0.366. The molecule has 1 aliphatic rings. The topological polar surface area (TPSA) is 55.8 Å². The first kappa shape index (κ1) is 18.0. The SMILES string of the molecule is CO[C@H](CC(=O)O[C@@H]1C[C@H](O)CC[C@H]1C(C)C)c1ccccc1. The van der Waals surface area contributed by atoms with Crippen molar-refractivity contribution in [2.24, 2.45) is 11.8 Å². The van der Waals surface area contributed by atoms with Crippen molar-refractivity contribution in [3.8, 4) is 0 Å². The monoisotopic (exact) mass is 320 g/mol. The molecule has 0 spiro atoms. The standard InChI is InChI=1S/C19H28O4/c1-13(2)16-10-9-15(20)11-18(16)23-19(21)12-17(22-3)14-7-5-4-6-8-14/h4-8,13,15-18,20H,9-12H2,1-3H3/t15-,16+,17-,18-/m1/s1. The van der Waals surface area contributed by atoms with E-state index in [1.165, 1.54) is 0 Å². The molecule has 4 atom stereocenters. The van der Waals surface area contributed by atoms with Crippen molar-refractivity contribution < 1.29 is 19.4 Å². The fourth-order valence-corrected chi connectivity index (χ4v) is 3.40. The van der Waals surface area contributed by atoms with E-state index in [2.05, 4.69) is 13.8 Å². The Kier molecular flexibility index (Phi) is 6.60. The number of esters is 1. The van der Waals surface area contributed by atoms with Crippen LogP contribution in [0.25, 0.3) is 0 Å². The van der Waals surface area contributed by atoms with Crippen LogP contribution in [0, 0.1) is 11.8 Å². The van der Waals surface area contributed by atoms with Gasteiger partial charge in [0.25, 0.3) is 0 Å². The largest absolute Gasteiger partial charge is 0.462 e. The second kappa shape index (κ2) is 8.46. The summed E-state index contributed by atoms with van der Waals surface area (Å²) in [6.07, 6.45) is 1.57. The molecule has 0 saturated heterocycles. The predicted octanol–water partition coefficient (Wildman–Crippen LogP) is 3.49. The molecule has 1 fully saturated rings. The lowest BCUT2D eigenvalue weighted by atomic mass is 9.78. The van der Waals surface area contributed by atoms with Gasteiger partial charge in [-0.3, -0.25) is 4.79 Å². The number of rotatable bonds is 6. The van der Waals surface area contributed by atoms with Crippen LogP contribution >= 0.6 is 0 Å². The summed E-state index contributed by atoms with van der Waals surface area (Å²) in [5.74, 6) is 0.498. The highest BCUT2D eigenvalue weighted by atomic mass is 16.5.